The second-order valence-electron chi connectivity index (χ2n) is 5.64. The first-order valence-electron chi connectivity index (χ1n) is 6.77. The first-order valence-corrected chi connectivity index (χ1v) is 8.61. The van der Waals surface area contributed by atoms with Gasteiger partial charge in [-0.1, -0.05) is 0 Å². The summed E-state index contributed by atoms with van der Waals surface area (Å²) in [5.74, 6) is -0.490. The highest BCUT2D eigenvalue weighted by Gasteiger charge is 2.34. The van der Waals surface area contributed by atoms with Crippen molar-refractivity contribution in [1.82, 2.24) is 14.5 Å². The van der Waals surface area contributed by atoms with Crippen LogP contribution in [0.4, 0.5) is 0 Å². The average Bonchev–Trinajstić information content (AvgIpc) is 2.69. The van der Waals surface area contributed by atoms with Crippen LogP contribution in [0.5, 0.6) is 0 Å². The molecule has 2 atom stereocenters. The summed E-state index contributed by atoms with van der Waals surface area (Å²) >= 11 is 0. The first kappa shape index (κ1) is 15.2. The van der Waals surface area contributed by atoms with Gasteiger partial charge < -0.3 is 10.2 Å². The van der Waals surface area contributed by atoms with Gasteiger partial charge in [0.1, 0.15) is 0 Å². The van der Waals surface area contributed by atoms with Gasteiger partial charge in [-0.15, -0.1) is 0 Å². The summed E-state index contributed by atoms with van der Waals surface area (Å²) in [4.78, 5) is 25.1. The molecule has 0 spiro atoms. The number of carbonyl (C=O) groups excluding carboxylic acids is 2. The molecule has 114 valence electrons. The minimum Gasteiger partial charge on any atom is -0.352 e. The van der Waals surface area contributed by atoms with Crippen molar-refractivity contribution in [2.75, 3.05) is 32.9 Å². The maximum absolute atomic E-state index is 12.1. The van der Waals surface area contributed by atoms with Gasteiger partial charge in [0.15, 0.2) is 0 Å². The maximum atomic E-state index is 12.1. The molecule has 2 aliphatic rings. The molecule has 2 rings (SSSR count). The SMILES string of the molecule is CN1CC(C(=O)NC2CCCN(S(C)(=O)=O)C2)CC1=O. The Bertz CT molecular complexity index is 505. The van der Waals surface area contributed by atoms with Crippen molar-refractivity contribution in [3.8, 4) is 0 Å². The highest BCUT2D eigenvalue weighted by Crippen LogP contribution is 2.18. The van der Waals surface area contributed by atoms with E-state index in [4.69, 9.17) is 0 Å². The van der Waals surface area contributed by atoms with Crippen LogP contribution in [0.3, 0.4) is 0 Å². The lowest BCUT2D eigenvalue weighted by atomic mass is 10.0. The molecule has 20 heavy (non-hydrogen) atoms. The van der Waals surface area contributed by atoms with E-state index in [1.807, 2.05) is 0 Å². The Morgan fingerprint density at radius 3 is 2.60 bits per heavy atom. The summed E-state index contributed by atoms with van der Waals surface area (Å²) < 4.78 is 24.4. The van der Waals surface area contributed by atoms with Crippen molar-refractivity contribution in [2.45, 2.75) is 25.3 Å². The van der Waals surface area contributed by atoms with Crippen LogP contribution >= 0.6 is 0 Å². The fourth-order valence-corrected chi connectivity index (χ4v) is 3.63. The predicted octanol–water partition coefficient (Wildman–Crippen LogP) is -0.995. The number of hydrogen-bond donors (Lipinski definition) is 1. The fourth-order valence-electron chi connectivity index (χ4n) is 2.72. The number of piperidine rings is 1. The van der Waals surface area contributed by atoms with E-state index in [0.717, 1.165) is 12.8 Å². The van der Waals surface area contributed by atoms with E-state index in [9.17, 15) is 18.0 Å². The molecule has 0 bridgehead atoms. The van der Waals surface area contributed by atoms with Gasteiger partial charge in [0.2, 0.25) is 21.8 Å². The van der Waals surface area contributed by atoms with E-state index in [0.29, 0.717) is 19.6 Å². The zero-order valence-electron chi connectivity index (χ0n) is 11.8. The Morgan fingerprint density at radius 1 is 1.35 bits per heavy atom. The van der Waals surface area contributed by atoms with Crippen LogP contribution in [-0.2, 0) is 19.6 Å². The maximum Gasteiger partial charge on any atom is 0.225 e. The van der Waals surface area contributed by atoms with Crippen molar-refractivity contribution in [1.29, 1.82) is 0 Å². The lowest BCUT2D eigenvalue weighted by Gasteiger charge is -2.31. The van der Waals surface area contributed by atoms with Gasteiger partial charge in [-0.25, -0.2) is 12.7 Å². The van der Waals surface area contributed by atoms with Gasteiger partial charge in [-0.3, -0.25) is 9.59 Å². The van der Waals surface area contributed by atoms with Gasteiger partial charge >= 0.3 is 0 Å². The summed E-state index contributed by atoms with van der Waals surface area (Å²) in [6, 6.07) is -0.160. The third kappa shape index (κ3) is 3.49. The van der Waals surface area contributed by atoms with E-state index < -0.39 is 10.0 Å². The van der Waals surface area contributed by atoms with E-state index in [1.54, 1.807) is 11.9 Å². The highest BCUT2D eigenvalue weighted by atomic mass is 32.2. The molecule has 2 amide bonds. The number of nitrogens with one attached hydrogen (secondary N) is 1. The van der Waals surface area contributed by atoms with Gasteiger partial charge in [0.05, 0.1) is 12.2 Å². The lowest BCUT2D eigenvalue weighted by molar-refractivity contribution is -0.128. The fraction of sp³-hybridized carbons (Fsp3) is 0.833. The number of rotatable bonds is 3. The molecule has 0 aromatic rings. The summed E-state index contributed by atoms with van der Waals surface area (Å²) in [5.41, 5.74) is 0. The molecule has 2 fully saturated rings. The van der Waals surface area contributed by atoms with Crippen molar-refractivity contribution in [2.24, 2.45) is 5.92 Å². The second kappa shape index (κ2) is 5.69. The zero-order valence-corrected chi connectivity index (χ0v) is 12.6. The predicted molar refractivity (Wildman–Crippen MR) is 73.3 cm³/mol. The molecular weight excluding hydrogens is 282 g/mol. The number of likely N-dealkylation sites (tertiary alicyclic amines) is 1. The minimum absolute atomic E-state index is 0.0217. The molecule has 0 aromatic heterocycles. The Labute approximate surface area is 119 Å². The quantitative estimate of drug-likeness (QED) is 0.725. The molecule has 8 heteroatoms. The molecular formula is C12H21N3O4S. The van der Waals surface area contributed by atoms with Gasteiger partial charge in [-0.05, 0) is 12.8 Å². The number of sulfonamides is 1. The van der Waals surface area contributed by atoms with Crippen LogP contribution in [0, 0.1) is 5.92 Å². The topological polar surface area (TPSA) is 86.8 Å². The standard InChI is InChI=1S/C12H21N3O4S/c1-14-7-9(6-11(14)16)12(17)13-10-4-3-5-15(8-10)20(2,18)19/h9-10H,3-8H2,1-2H3,(H,13,17). The van der Waals surface area contributed by atoms with E-state index in [-0.39, 0.29) is 30.2 Å². The molecule has 0 saturated carbocycles. The Hall–Kier alpha value is -1.15. The van der Waals surface area contributed by atoms with E-state index in [2.05, 4.69) is 5.32 Å². The lowest BCUT2D eigenvalue weighted by Crippen LogP contribution is -2.50. The molecule has 0 radical (unpaired) electrons. The normalized spacial score (nSPS) is 28.7. The highest BCUT2D eigenvalue weighted by molar-refractivity contribution is 7.88. The Morgan fingerprint density at radius 2 is 2.05 bits per heavy atom. The zero-order chi connectivity index (χ0) is 14.9. The summed E-state index contributed by atoms with van der Waals surface area (Å²) in [5, 5.41) is 2.88. The minimum atomic E-state index is -3.21. The van der Waals surface area contributed by atoms with Gasteiger partial charge in [0.25, 0.3) is 0 Å². The molecule has 2 saturated heterocycles. The summed E-state index contributed by atoms with van der Waals surface area (Å²) in [7, 11) is -1.53. The monoisotopic (exact) mass is 303 g/mol. The summed E-state index contributed by atoms with van der Waals surface area (Å²) in [6.07, 6.45) is 2.93. The second-order valence-corrected chi connectivity index (χ2v) is 7.63. The van der Waals surface area contributed by atoms with Crippen molar-refractivity contribution in [3.63, 3.8) is 0 Å². The average molecular weight is 303 g/mol. The van der Waals surface area contributed by atoms with E-state index in [1.165, 1.54) is 10.6 Å². The molecule has 0 aromatic carbocycles. The van der Waals surface area contributed by atoms with E-state index >= 15 is 0 Å². The molecule has 1 N–H and O–H groups in total. The third-order valence-electron chi connectivity index (χ3n) is 3.91. The molecule has 7 nitrogen and oxygen atoms in total. The van der Waals surface area contributed by atoms with Crippen LogP contribution in [0.1, 0.15) is 19.3 Å². The van der Waals surface area contributed by atoms with Crippen molar-refractivity contribution >= 4 is 21.8 Å². The number of nitrogens with zero attached hydrogens (tertiary/aromatic N) is 2. The van der Waals surface area contributed by atoms with Crippen LogP contribution in [-0.4, -0.2) is 68.4 Å². The van der Waals surface area contributed by atoms with Crippen LogP contribution in [0.25, 0.3) is 0 Å². The molecule has 2 aliphatic heterocycles. The van der Waals surface area contributed by atoms with Crippen LogP contribution in [0.2, 0.25) is 0 Å². The largest absolute Gasteiger partial charge is 0.352 e. The molecule has 0 aliphatic carbocycles. The molecule has 2 unspecified atom stereocenters. The number of carbonyl (C=O) groups is 2. The molecule has 2 heterocycles. The number of amides is 2. The van der Waals surface area contributed by atoms with Gasteiger partial charge in [-0.2, -0.15) is 0 Å². The van der Waals surface area contributed by atoms with Crippen LogP contribution < -0.4 is 5.32 Å². The van der Waals surface area contributed by atoms with Crippen molar-refractivity contribution < 1.29 is 18.0 Å². The van der Waals surface area contributed by atoms with Gasteiger partial charge in [0, 0.05) is 39.1 Å². The van der Waals surface area contributed by atoms with Crippen molar-refractivity contribution in [3.05, 3.63) is 0 Å². The first-order chi connectivity index (χ1) is 9.27. The Kier molecular flexibility index (Phi) is 4.33. The third-order valence-corrected chi connectivity index (χ3v) is 5.18. The number of hydrogen-bond acceptors (Lipinski definition) is 4. The summed E-state index contributed by atoms with van der Waals surface area (Å²) in [6.45, 7) is 1.27. The smallest absolute Gasteiger partial charge is 0.225 e. The van der Waals surface area contributed by atoms with Crippen LogP contribution in [0.15, 0.2) is 0 Å². The Balaban J connectivity index is 1.90.